The monoisotopic (exact) mass is 1200 g/mol. The van der Waals surface area contributed by atoms with Crippen molar-refractivity contribution >= 4 is 23.7 Å². The molecule has 31 atom stereocenters. The highest BCUT2D eigenvalue weighted by Crippen LogP contribution is 2.39. The number of amides is 3. The number of aliphatic hydroxyl groups excluding tert-OH is 18. The predicted molar refractivity (Wildman–Crippen MR) is 251 cm³/mol. The number of ether oxygens (including phenoxy) is 11. The Morgan fingerprint density at radius 3 is 1.48 bits per heavy atom. The van der Waals surface area contributed by atoms with Crippen LogP contribution in [0.1, 0.15) is 27.2 Å². The Morgan fingerprint density at radius 1 is 0.500 bits per heavy atom. The molecular weight excluding hydrogens is 1130 g/mol. The van der Waals surface area contributed by atoms with Crippen LogP contribution in [0.4, 0.5) is 0 Å². The van der Waals surface area contributed by atoms with Crippen molar-refractivity contribution in [3.8, 4) is 0 Å². The fourth-order valence-electron chi connectivity index (χ4n) is 10.3. The Morgan fingerprint density at radius 2 is 0.951 bits per heavy atom. The van der Waals surface area contributed by atoms with Gasteiger partial charge in [-0.25, -0.2) is 4.79 Å². The molecule has 82 heavy (non-hydrogen) atoms. The van der Waals surface area contributed by atoms with Gasteiger partial charge in [0.1, 0.15) is 140 Å². The standard InChI is InChI=1S/C45H75N3O34/c1-11(54)46-21-14(57)4-45(44(70)71,81-36(21)24(59)15(58)5-49)82-38-27(62)18(8-52)76-43(33(38)68)79-35-23(48-13(3)56)39(69)73-20(28(35)63)10-72-40-22(47-12(2)55)29(64)34(19(9-53)77-40)78-42-32(67)37(26(61)17(7-51)75-42)80-41-31(66)30(65)25(60)16(6-50)74-41/h14-43,49-53,57-69H,4-10H2,1-3H3,(H,46,54)(H,47,55)(H,48,56)(H,70,71)/t14-,15+,16+,17+,18+,19+,20+,21+,22+,23+,24+,25-,26-,27-,28-,29+,30-,31+,32+,33+,34+,35+,36+,37-,38-,39?,40+,41+,42-,43-,45-/m0/s1. The Bertz CT molecular complexity index is 2090. The molecule has 6 aliphatic heterocycles. The quantitative estimate of drug-likeness (QED) is 0.0479. The van der Waals surface area contributed by atoms with Crippen molar-refractivity contribution in [3.05, 3.63) is 0 Å². The van der Waals surface area contributed by atoms with Gasteiger partial charge in [0.15, 0.2) is 31.5 Å². The average molecular weight is 1200 g/mol. The largest absolute Gasteiger partial charge is 0.477 e. The molecule has 0 saturated carbocycles. The summed E-state index contributed by atoms with van der Waals surface area (Å²) in [5.41, 5.74) is 0. The minimum Gasteiger partial charge on any atom is -0.477 e. The van der Waals surface area contributed by atoms with Gasteiger partial charge >= 0.3 is 5.97 Å². The van der Waals surface area contributed by atoms with E-state index in [0.29, 0.717) is 0 Å². The van der Waals surface area contributed by atoms with E-state index in [1.807, 2.05) is 0 Å². The summed E-state index contributed by atoms with van der Waals surface area (Å²) in [6.45, 7) is -3.18. The van der Waals surface area contributed by atoms with Crippen LogP contribution in [0, 0.1) is 0 Å². The summed E-state index contributed by atoms with van der Waals surface area (Å²) in [7, 11) is 0. The molecular formula is C45H75N3O34. The molecule has 0 bridgehead atoms. The summed E-state index contributed by atoms with van der Waals surface area (Å²) >= 11 is 0. The zero-order chi connectivity index (χ0) is 61.0. The van der Waals surface area contributed by atoms with Gasteiger partial charge in [0.2, 0.25) is 17.7 Å². The molecule has 6 fully saturated rings. The van der Waals surface area contributed by atoms with Crippen LogP contribution in [0.15, 0.2) is 0 Å². The van der Waals surface area contributed by atoms with E-state index in [4.69, 9.17) is 52.1 Å². The van der Waals surface area contributed by atoms with Gasteiger partial charge in [0.25, 0.3) is 5.79 Å². The lowest BCUT2D eigenvalue weighted by Gasteiger charge is -2.51. The molecule has 3 amide bonds. The first-order chi connectivity index (χ1) is 38.6. The predicted octanol–water partition coefficient (Wildman–Crippen LogP) is -14.5. The van der Waals surface area contributed by atoms with Crippen LogP contribution in [0.5, 0.6) is 0 Å². The second kappa shape index (κ2) is 28.9. The first kappa shape index (κ1) is 67.8. The van der Waals surface area contributed by atoms with Crippen LogP contribution in [0.25, 0.3) is 0 Å². The number of rotatable bonds is 22. The molecule has 0 spiro atoms. The number of aliphatic hydroxyl groups is 18. The van der Waals surface area contributed by atoms with Gasteiger partial charge in [-0.1, -0.05) is 0 Å². The van der Waals surface area contributed by atoms with E-state index >= 15 is 0 Å². The van der Waals surface area contributed by atoms with Crippen molar-refractivity contribution in [2.75, 3.05) is 39.6 Å². The van der Waals surface area contributed by atoms with Crippen molar-refractivity contribution in [2.45, 2.75) is 217 Å². The average Bonchev–Trinajstić information content (AvgIpc) is 2.10. The molecule has 0 aliphatic carbocycles. The molecule has 474 valence electrons. The highest BCUT2D eigenvalue weighted by molar-refractivity contribution is 5.77. The molecule has 6 saturated heterocycles. The topological polar surface area (TPSA) is 590 Å². The Balaban J connectivity index is 1.21. The van der Waals surface area contributed by atoms with Crippen molar-refractivity contribution in [1.82, 2.24) is 16.0 Å². The molecule has 1 unspecified atom stereocenters. The van der Waals surface area contributed by atoms with Crippen molar-refractivity contribution in [2.24, 2.45) is 0 Å². The number of carboxylic acid groups (broad SMARTS) is 1. The zero-order valence-corrected chi connectivity index (χ0v) is 43.9. The summed E-state index contributed by atoms with van der Waals surface area (Å²) < 4.78 is 62.5. The normalized spacial score (nSPS) is 46.3. The van der Waals surface area contributed by atoms with Gasteiger partial charge in [0.05, 0.1) is 51.8 Å². The molecule has 6 aliphatic rings. The van der Waals surface area contributed by atoms with Crippen molar-refractivity contribution < 1.29 is 168 Å². The van der Waals surface area contributed by atoms with Crippen LogP contribution < -0.4 is 16.0 Å². The SMILES string of the molecule is CC(=O)N[C@H]1[C@H](OC[C@H]2OC(O)[C@H](NC(C)=O)[C@@H](O[C@@H]3O[C@H](CO)[C@H](O)[C@H](O[C@]4(C(=O)O)C[C@H](O)[C@@H](NC(C)=O)[C@H]([C@H](O)[C@H](O)CO)O4)[C@H]3O)[C@H]2O)O[C@H](CO)[C@@H](O[C@@H]2O[C@H](CO)[C@H](O)[C@H](O[C@H]3O[C@H](CO)[C@H](O)[C@H](O)[C@H]3O)[C@H]2O)[C@@H]1O. The van der Waals surface area contributed by atoms with E-state index in [1.54, 1.807) is 0 Å². The molecule has 6 rings (SSSR count). The summed E-state index contributed by atoms with van der Waals surface area (Å²) in [4.78, 5) is 50.1. The number of carbonyl (C=O) groups is 4. The fraction of sp³-hybridized carbons (Fsp3) is 0.911. The number of carboxylic acids is 1. The lowest BCUT2D eigenvalue weighted by molar-refractivity contribution is -0.382. The van der Waals surface area contributed by atoms with E-state index in [2.05, 4.69) is 16.0 Å². The summed E-state index contributed by atoms with van der Waals surface area (Å²) in [5.74, 6) is -7.85. The summed E-state index contributed by atoms with van der Waals surface area (Å²) in [6, 6.07) is -5.22. The van der Waals surface area contributed by atoms with Crippen molar-refractivity contribution in [1.29, 1.82) is 0 Å². The van der Waals surface area contributed by atoms with E-state index in [0.717, 1.165) is 20.8 Å². The number of nitrogens with one attached hydrogen (secondary N) is 3. The number of carbonyl (C=O) groups excluding carboxylic acids is 3. The molecule has 0 aromatic carbocycles. The fourth-order valence-corrected chi connectivity index (χ4v) is 10.3. The van der Waals surface area contributed by atoms with Crippen LogP contribution in [0.2, 0.25) is 0 Å². The molecule has 37 nitrogen and oxygen atoms in total. The highest BCUT2D eigenvalue weighted by atomic mass is 16.8. The van der Waals surface area contributed by atoms with Gasteiger partial charge in [-0.05, 0) is 0 Å². The number of hydrogen-bond donors (Lipinski definition) is 22. The van der Waals surface area contributed by atoms with Crippen molar-refractivity contribution in [3.63, 3.8) is 0 Å². The van der Waals surface area contributed by atoms with Crippen LogP contribution in [0.3, 0.4) is 0 Å². The van der Waals surface area contributed by atoms with E-state index in [1.165, 1.54) is 0 Å². The molecule has 22 N–H and O–H groups in total. The molecule has 0 aromatic rings. The minimum absolute atomic E-state index is 0.830. The maximum absolute atomic E-state index is 13.0. The smallest absolute Gasteiger partial charge is 0.364 e. The minimum atomic E-state index is -3.21. The lowest BCUT2D eigenvalue weighted by Crippen LogP contribution is -2.71. The Labute approximate surface area is 463 Å². The Hall–Kier alpha value is -3.28. The van der Waals surface area contributed by atoms with Gasteiger partial charge in [-0.2, -0.15) is 0 Å². The third-order valence-electron chi connectivity index (χ3n) is 14.6. The maximum atomic E-state index is 13.0. The summed E-state index contributed by atoms with van der Waals surface area (Å²) in [5, 5.41) is 211. The first-order valence-corrected chi connectivity index (χ1v) is 25.7. The molecule has 0 aromatic heterocycles. The van der Waals surface area contributed by atoms with E-state index in [-0.39, 0.29) is 0 Å². The Kier molecular flexibility index (Phi) is 23.9. The molecule has 6 heterocycles. The van der Waals surface area contributed by atoms with Gasteiger partial charge in [-0.3, -0.25) is 14.4 Å². The van der Waals surface area contributed by atoms with Crippen LogP contribution in [-0.2, 0) is 71.3 Å². The zero-order valence-electron chi connectivity index (χ0n) is 43.9. The number of hydrogen-bond acceptors (Lipinski definition) is 33. The molecule has 37 heteroatoms. The second-order valence-corrected chi connectivity index (χ2v) is 20.4. The van der Waals surface area contributed by atoms with Crippen LogP contribution in [-0.4, -0.2) is 350 Å². The third kappa shape index (κ3) is 14.7. The highest BCUT2D eigenvalue weighted by Gasteiger charge is 2.61. The number of aliphatic carboxylic acids is 1. The second-order valence-electron chi connectivity index (χ2n) is 20.4. The van der Waals surface area contributed by atoms with Gasteiger partial charge in [-0.15, -0.1) is 0 Å². The molecule has 0 radical (unpaired) electrons. The summed E-state index contributed by atoms with van der Waals surface area (Å²) in [6.07, 6.45) is -55.3. The lowest BCUT2D eigenvalue weighted by atomic mass is 9.88. The van der Waals surface area contributed by atoms with Gasteiger partial charge in [0, 0.05) is 27.2 Å². The van der Waals surface area contributed by atoms with E-state index < -0.39 is 259 Å². The third-order valence-corrected chi connectivity index (χ3v) is 14.6. The van der Waals surface area contributed by atoms with E-state index in [9.17, 15) is 116 Å². The maximum Gasteiger partial charge on any atom is 0.364 e. The van der Waals surface area contributed by atoms with Gasteiger partial charge < -0.3 is 165 Å². The van der Waals surface area contributed by atoms with Crippen LogP contribution >= 0.6 is 0 Å². The first-order valence-electron chi connectivity index (χ1n) is 25.7.